The number of hydrogen-bond donors (Lipinski definition) is 3. The summed E-state index contributed by atoms with van der Waals surface area (Å²) in [5, 5.41) is 3.25. The Kier molecular flexibility index (Phi) is 5.93. The molecule has 17 heavy (non-hydrogen) atoms. The molecule has 0 bridgehead atoms. The molecule has 1 atom stereocenters. The lowest BCUT2D eigenvalue weighted by Gasteiger charge is -2.16. The number of rotatable bonds is 8. The van der Waals surface area contributed by atoms with E-state index in [1.165, 1.54) is 0 Å². The Hall–Kier alpha value is -1.14. The third kappa shape index (κ3) is 4.70. The Labute approximate surface area is 102 Å². The van der Waals surface area contributed by atoms with E-state index >= 15 is 0 Å². The highest BCUT2D eigenvalue weighted by Crippen LogP contribution is 2.17. The average Bonchev–Trinajstić information content (AvgIpc) is 2.65. The molecule has 1 saturated heterocycles. The SMILES string of the molecule is NCCCNCCCN1CC(C(N)=O)CC1=O. The van der Waals surface area contributed by atoms with Crippen LogP contribution in [0.3, 0.4) is 0 Å². The van der Waals surface area contributed by atoms with Gasteiger partial charge in [-0.1, -0.05) is 0 Å². The maximum atomic E-state index is 11.5. The van der Waals surface area contributed by atoms with Crippen LogP contribution in [-0.2, 0) is 9.59 Å². The number of nitrogens with two attached hydrogens (primary N) is 2. The van der Waals surface area contributed by atoms with Gasteiger partial charge in [-0.2, -0.15) is 0 Å². The van der Waals surface area contributed by atoms with Gasteiger partial charge in [-0.05, 0) is 32.5 Å². The number of carbonyl (C=O) groups is 2. The first-order valence-electron chi connectivity index (χ1n) is 6.13. The number of hydrogen-bond acceptors (Lipinski definition) is 4. The van der Waals surface area contributed by atoms with Gasteiger partial charge in [0, 0.05) is 19.5 Å². The lowest BCUT2D eigenvalue weighted by molar-refractivity contribution is -0.128. The van der Waals surface area contributed by atoms with Gasteiger partial charge < -0.3 is 21.7 Å². The minimum Gasteiger partial charge on any atom is -0.369 e. The minimum atomic E-state index is -0.373. The topological polar surface area (TPSA) is 101 Å². The van der Waals surface area contributed by atoms with Crippen LogP contribution in [0.2, 0.25) is 0 Å². The Morgan fingerprint density at radius 3 is 2.71 bits per heavy atom. The van der Waals surface area contributed by atoms with Gasteiger partial charge in [0.25, 0.3) is 0 Å². The molecule has 6 heteroatoms. The molecule has 5 N–H and O–H groups in total. The minimum absolute atomic E-state index is 0.0377. The van der Waals surface area contributed by atoms with E-state index in [9.17, 15) is 9.59 Å². The summed E-state index contributed by atoms with van der Waals surface area (Å²) >= 11 is 0. The van der Waals surface area contributed by atoms with Gasteiger partial charge in [-0.25, -0.2) is 0 Å². The van der Waals surface area contributed by atoms with Gasteiger partial charge in [0.15, 0.2) is 0 Å². The van der Waals surface area contributed by atoms with Crippen molar-refractivity contribution < 1.29 is 9.59 Å². The van der Waals surface area contributed by atoms with Crippen LogP contribution < -0.4 is 16.8 Å². The van der Waals surface area contributed by atoms with Gasteiger partial charge in [0.1, 0.15) is 0 Å². The van der Waals surface area contributed by atoms with Gasteiger partial charge in [0.05, 0.1) is 5.92 Å². The van der Waals surface area contributed by atoms with Crippen LogP contribution in [0.4, 0.5) is 0 Å². The Morgan fingerprint density at radius 2 is 2.12 bits per heavy atom. The first-order valence-corrected chi connectivity index (χ1v) is 6.13. The van der Waals surface area contributed by atoms with E-state index < -0.39 is 0 Å². The van der Waals surface area contributed by atoms with Crippen molar-refractivity contribution in [3.63, 3.8) is 0 Å². The lowest BCUT2D eigenvalue weighted by atomic mass is 10.1. The standard InChI is InChI=1S/C11H22N4O2/c12-3-1-4-14-5-2-6-15-8-9(11(13)17)7-10(15)16/h9,14H,1-8,12H2,(H2,13,17). The van der Waals surface area contributed by atoms with Crippen molar-refractivity contribution in [3.8, 4) is 0 Å². The molecular weight excluding hydrogens is 220 g/mol. The summed E-state index contributed by atoms with van der Waals surface area (Å²) < 4.78 is 0. The van der Waals surface area contributed by atoms with Gasteiger partial charge >= 0.3 is 0 Å². The normalized spacial score (nSPS) is 19.9. The molecule has 1 heterocycles. The summed E-state index contributed by atoms with van der Waals surface area (Å²) in [6.45, 7) is 3.65. The molecule has 0 spiro atoms. The molecule has 0 aromatic heterocycles. The molecule has 1 fully saturated rings. The van der Waals surface area contributed by atoms with Crippen molar-refractivity contribution in [1.29, 1.82) is 0 Å². The smallest absolute Gasteiger partial charge is 0.223 e. The number of primary amides is 1. The van der Waals surface area contributed by atoms with Gasteiger partial charge in [-0.15, -0.1) is 0 Å². The number of likely N-dealkylation sites (tertiary alicyclic amines) is 1. The molecule has 1 aliphatic rings. The fourth-order valence-electron chi connectivity index (χ4n) is 1.93. The Bertz CT molecular complexity index is 270. The second-order valence-corrected chi connectivity index (χ2v) is 4.39. The third-order valence-electron chi connectivity index (χ3n) is 2.96. The fraction of sp³-hybridized carbons (Fsp3) is 0.818. The maximum absolute atomic E-state index is 11.5. The van der Waals surface area contributed by atoms with Crippen molar-refractivity contribution in [2.24, 2.45) is 17.4 Å². The number of amides is 2. The van der Waals surface area contributed by atoms with E-state index in [4.69, 9.17) is 11.5 Å². The molecule has 1 rings (SSSR count). The molecule has 0 aromatic carbocycles. The Balaban J connectivity index is 2.11. The molecule has 1 aliphatic heterocycles. The predicted molar refractivity (Wildman–Crippen MR) is 65.0 cm³/mol. The first-order chi connectivity index (χ1) is 8.15. The molecule has 98 valence electrons. The zero-order chi connectivity index (χ0) is 12.7. The molecule has 0 aliphatic carbocycles. The summed E-state index contributed by atoms with van der Waals surface area (Å²) in [6, 6.07) is 0. The van der Waals surface area contributed by atoms with Crippen molar-refractivity contribution in [2.75, 3.05) is 32.7 Å². The van der Waals surface area contributed by atoms with E-state index in [1.54, 1.807) is 4.90 Å². The molecule has 6 nitrogen and oxygen atoms in total. The van der Waals surface area contributed by atoms with Crippen molar-refractivity contribution >= 4 is 11.8 Å². The van der Waals surface area contributed by atoms with E-state index in [0.717, 1.165) is 25.9 Å². The van der Waals surface area contributed by atoms with Crippen molar-refractivity contribution in [1.82, 2.24) is 10.2 Å². The number of nitrogens with zero attached hydrogens (tertiary/aromatic N) is 1. The van der Waals surface area contributed by atoms with Crippen LogP contribution in [0.25, 0.3) is 0 Å². The van der Waals surface area contributed by atoms with Crippen LogP contribution in [0, 0.1) is 5.92 Å². The van der Waals surface area contributed by atoms with Crippen LogP contribution in [-0.4, -0.2) is 49.4 Å². The zero-order valence-electron chi connectivity index (χ0n) is 10.2. The highest BCUT2D eigenvalue weighted by molar-refractivity contribution is 5.88. The van der Waals surface area contributed by atoms with Crippen LogP contribution in [0.1, 0.15) is 19.3 Å². The molecule has 2 amide bonds. The monoisotopic (exact) mass is 242 g/mol. The van der Waals surface area contributed by atoms with Crippen molar-refractivity contribution in [2.45, 2.75) is 19.3 Å². The second-order valence-electron chi connectivity index (χ2n) is 4.39. The maximum Gasteiger partial charge on any atom is 0.223 e. The molecule has 0 saturated carbocycles. The van der Waals surface area contributed by atoms with E-state index in [1.807, 2.05) is 0 Å². The summed E-state index contributed by atoms with van der Waals surface area (Å²) in [5.41, 5.74) is 10.6. The van der Waals surface area contributed by atoms with Crippen LogP contribution in [0.5, 0.6) is 0 Å². The van der Waals surface area contributed by atoms with E-state index in [2.05, 4.69) is 5.32 Å². The van der Waals surface area contributed by atoms with Crippen LogP contribution in [0.15, 0.2) is 0 Å². The predicted octanol–water partition coefficient (Wildman–Crippen LogP) is -1.35. The van der Waals surface area contributed by atoms with E-state index in [0.29, 0.717) is 19.6 Å². The highest BCUT2D eigenvalue weighted by Gasteiger charge is 2.32. The summed E-state index contributed by atoms with van der Waals surface area (Å²) in [6.07, 6.45) is 2.13. The lowest BCUT2D eigenvalue weighted by Crippen LogP contribution is -2.31. The summed E-state index contributed by atoms with van der Waals surface area (Å²) in [4.78, 5) is 24.2. The molecular formula is C11H22N4O2. The summed E-state index contributed by atoms with van der Waals surface area (Å²) in [7, 11) is 0. The number of carbonyl (C=O) groups excluding carboxylic acids is 2. The Morgan fingerprint density at radius 1 is 1.41 bits per heavy atom. The van der Waals surface area contributed by atoms with E-state index in [-0.39, 0.29) is 24.2 Å². The van der Waals surface area contributed by atoms with Gasteiger partial charge in [0.2, 0.25) is 11.8 Å². The summed E-state index contributed by atoms with van der Waals surface area (Å²) in [5.74, 6) is -0.634. The third-order valence-corrected chi connectivity index (χ3v) is 2.96. The average molecular weight is 242 g/mol. The largest absolute Gasteiger partial charge is 0.369 e. The van der Waals surface area contributed by atoms with Crippen LogP contribution >= 0.6 is 0 Å². The highest BCUT2D eigenvalue weighted by atomic mass is 16.2. The fourth-order valence-corrected chi connectivity index (χ4v) is 1.93. The number of nitrogens with one attached hydrogen (secondary N) is 1. The zero-order valence-corrected chi connectivity index (χ0v) is 10.2. The molecule has 0 aromatic rings. The first kappa shape index (κ1) is 13.9. The second kappa shape index (κ2) is 7.24. The van der Waals surface area contributed by atoms with Gasteiger partial charge in [-0.3, -0.25) is 9.59 Å². The molecule has 1 unspecified atom stereocenters. The quantitative estimate of drug-likeness (QED) is 0.458. The molecule has 0 radical (unpaired) electrons. The van der Waals surface area contributed by atoms with Crippen molar-refractivity contribution in [3.05, 3.63) is 0 Å².